The zero-order chi connectivity index (χ0) is 22.7. The highest BCUT2D eigenvalue weighted by molar-refractivity contribution is 9.11. The molecule has 0 aliphatic carbocycles. The molecule has 1 saturated heterocycles. The number of hydrogen-bond acceptors (Lipinski definition) is 3. The van der Waals surface area contributed by atoms with Crippen LogP contribution in [0.4, 0.5) is 9.18 Å². The number of rotatable bonds is 6. The minimum atomic E-state index is -0.465. The fraction of sp³-hybridized carbons (Fsp3) is 0.0833. The van der Waals surface area contributed by atoms with Gasteiger partial charge in [-0.2, -0.15) is 0 Å². The molecule has 1 N–H and O–H groups in total. The largest absolute Gasteiger partial charge is 0.486 e. The summed E-state index contributed by atoms with van der Waals surface area (Å²) in [5.74, 6) is -0.231. The Bertz CT molecular complexity index is 1190. The lowest BCUT2D eigenvalue weighted by atomic mass is 10.1. The molecule has 0 atom stereocenters. The van der Waals surface area contributed by atoms with Crippen molar-refractivity contribution >= 4 is 49.9 Å². The Morgan fingerprint density at radius 2 is 1.62 bits per heavy atom. The van der Waals surface area contributed by atoms with E-state index in [1.54, 1.807) is 36.4 Å². The van der Waals surface area contributed by atoms with Gasteiger partial charge in [-0.25, -0.2) is 9.18 Å². The van der Waals surface area contributed by atoms with Crippen molar-refractivity contribution in [1.29, 1.82) is 0 Å². The number of ether oxygens (including phenoxy) is 1. The van der Waals surface area contributed by atoms with Crippen LogP contribution >= 0.6 is 31.9 Å². The van der Waals surface area contributed by atoms with Crippen LogP contribution in [-0.4, -0.2) is 16.8 Å². The second kappa shape index (κ2) is 9.67. The van der Waals surface area contributed by atoms with Crippen LogP contribution in [0.1, 0.15) is 16.7 Å². The molecular formula is C24H17Br2FN2O3. The lowest BCUT2D eigenvalue weighted by Gasteiger charge is -2.12. The third kappa shape index (κ3) is 4.92. The molecule has 0 radical (unpaired) electrons. The summed E-state index contributed by atoms with van der Waals surface area (Å²) < 4.78 is 20.9. The molecule has 0 saturated carbocycles. The highest BCUT2D eigenvalue weighted by Gasteiger charge is 2.33. The van der Waals surface area contributed by atoms with Gasteiger partial charge in [-0.1, -0.05) is 48.5 Å². The number of imide groups is 1. The van der Waals surface area contributed by atoms with Crippen molar-refractivity contribution in [1.82, 2.24) is 10.2 Å². The van der Waals surface area contributed by atoms with Crippen molar-refractivity contribution in [3.63, 3.8) is 0 Å². The van der Waals surface area contributed by atoms with Gasteiger partial charge >= 0.3 is 6.03 Å². The second-order valence-corrected chi connectivity index (χ2v) is 8.77. The summed E-state index contributed by atoms with van der Waals surface area (Å²) in [6, 6.07) is 18.8. The molecule has 0 aromatic heterocycles. The number of carbonyl (C=O) groups is 2. The van der Waals surface area contributed by atoms with Gasteiger partial charge in [-0.3, -0.25) is 9.69 Å². The van der Waals surface area contributed by atoms with Crippen molar-refractivity contribution in [2.24, 2.45) is 0 Å². The molecule has 0 spiro atoms. The number of hydrogen-bond donors (Lipinski definition) is 1. The summed E-state index contributed by atoms with van der Waals surface area (Å²) in [5.41, 5.74) is 2.16. The monoisotopic (exact) mass is 558 g/mol. The molecule has 0 bridgehead atoms. The summed E-state index contributed by atoms with van der Waals surface area (Å²) in [6.07, 6.45) is 1.60. The third-order valence-corrected chi connectivity index (χ3v) is 5.99. The van der Waals surface area contributed by atoms with E-state index in [9.17, 15) is 14.0 Å². The Balaban J connectivity index is 1.51. The summed E-state index contributed by atoms with van der Waals surface area (Å²) in [7, 11) is 0. The summed E-state index contributed by atoms with van der Waals surface area (Å²) in [4.78, 5) is 26.2. The lowest BCUT2D eigenvalue weighted by Crippen LogP contribution is -2.30. The number of carbonyl (C=O) groups excluding carboxylic acids is 2. The average Bonchev–Trinajstić information content (AvgIpc) is 3.02. The lowest BCUT2D eigenvalue weighted by molar-refractivity contribution is -0.123. The van der Waals surface area contributed by atoms with E-state index in [-0.39, 0.29) is 24.7 Å². The molecule has 1 heterocycles. The first-order valence-electron chi connectivity index (χ1n) is 9.66. The van der Waals surface area contributed by atoms with Gasteiger partial charge < -0.3 is 10.1 Å². The van der Waals surface area contributed by atoms with Gasteiger partial charge in [0.15, 0.2) is 0 Å². The Kier molecular flexibility index (Phi) is 6.72. The average molecular weight is 560 g/mol. The zero-order valence-electron chi connectivity index (χ0n) is 16.6. The van der Waals surface area contributed by atoms with Crippen molar-refractivity contribution in [3.8, 4) is 5.75 Å². The fourth-order valence-corrected chi connectivity index (χ4v) is 4.66. The maximum atomic E-state index is 13.8. The Labute approximate surface area is 201 Å². The van der Waals surface area contributed by atoms with E-state index in [0.717, 1.165) is 10.5 Å². The van der Waals surface area contributed by atoms with Gasteiger partial charge in [-0.15, -0.1) is 0 Å². The van der Waals surface area contributed by atoms with E-state index in [1.165, 1.54) is 6.07 Å². The smallest absolute Gasteiger partial charge is 0.329 e. The SMILES string of the molecule is O=C1N/C(=C/c2cc(Br)c(OCc3ccccc3F)c(Br)c2)C(=O)N1Cc1ccccc1. The summed E-state index contributed by atoms with van der Waals surface area (Å²) >= 11 is 6.92. The molecule has 3 aromatic carbocycles. The quantitative estimate of drug-likeness (QED) is 0.297. The van der Waals surface area contributed by atoms with Crippen molar-refractivity contribution in [2.45, 2.75) is 13.2 Å². The zero-order valence-corrected chi connectivity index (χ0v) is 19.8. The summed E-state index contributed by atoms with van der Waals surface area (Å²) in [5, 5.41) is 2.62. The van der Waals surface area contributed by atoms with E-state index < -0.39 is 11.9 Å². The van der Waals surface area contributed by atoms with Crippen LogP contribution in [0.3, 0.4) is 0 Å². The van der Waals surface area contributed by atoms with Crippen molar-refractivity contribution < 1.29 is 18.7 Å². The molecule has 5 nitrogen and oxygen atoms in total. The first-order valence-corrected chi connectivity index (χ1v) is 11.2. The molecule has 32 heavy (non-hydrogen) atoms. The standard InChI is InChI=1S/C24H17Br2FN2O3/c25-18-10-16(11-19(26)22(18)32-14-17-8-4-5-9-20(17)27)12-21-23(30)29(24(31)28-21)13-15-6-2-1-3-7-15/h1-12H,13-14H2,(H,28,31)/b21-12+. The van der Waals surface area contributed by atoms with Crippen molar-refractivity contribution in [3.05, 3.63) is 104 Å². The van der Waals surface area contributed by atoms with Gasteiger partial charge in [-0.05, 0) is 67.3 Å². The van der Waals surface area contributed by atoms with Gasteiger partial charge in [0.25, 0.3) is 5.91 Å². The predicted molar refractivity (Wildman–Crippen MR) is 126 cm³/mol. The van der Waals surface area contributed by atoms with E-state index in [1.807, 2.05) is 30.3 Å². The van der Waals surface area contributed by atoms with Gasteiger partial charge in [0.05, 0.1) is 15.5 Å². The number of benzene rings is 3. The van der Waals surface area contributed by atoms with E-state index in [0.29, 0.717) is 25.8 Å². The van der Waals surface area contributed by atoms with Crippen LogP contribution in [0.25, 0.3) is 6.08 Å². The first kappa shape index (κ1) is 22.2. The van der Waals surface area contributed by atoms with Gasteiger partial charge in [0.2, 0.25) is 0 Å². The fourth-order valence-electron chi connectivity index (χ4n) is 3.21. The minimum absolute atomic E-state index is 0.0628. The van der Waals surface area contributed by atoms with E-state index in [4.69, 9.17) is 4.74 Å². The number of halogens is 3. The van der Waals surface area contributed by atoms with Gasteiger partial charge in [0, 0.05) is 5.56 Å². The third-order valence-electron chi connectivity index (χ3n) is 4.81. The first-order chi connectivity index (χ1) is 15.4. The number of amides is 3. The predicted octanol–water partition coefficient (Wildman–Crippen LogP) is 6.02. The molecule has 1 fully saturated rings. The van der Waals surface area contributed by atoms with Crippen LogP contribution in [0.2, 0.25) is 0 Å². The van der Waals surface area contributed by atoms with Crippen LogP contribution < -0.4 is 10.1 Å². The minimum Gasteiger partial charge on any atom is -0.486 e. The van der Waals surface area contributed by atoms with Crippen LogP contribution in [0.15, 0.2) is 81.4 Å². The Hall–Kier alpha value is -2.97. The topological polar surface area (TPSA) is 58.6 Å². The Morgan fingerprint density at radius 1 is 0.969 bits per heavy atom. The highest BCUT2D eigenvalue weighted by atomic mass is 79.9. The molecule has 8 heteroatoms. The van der Waals surface area contributed by atoms with E-state index in [2.05, 4.69) is 37.2 Å². The molecular weight excluding hydrogens is 543 g/mol. The molecule has 162 valence electrons. The molecule has 3 aromatic rings. The molecule has 1 aliphatic rings. The summed E-state index contributed by atoms with van der Waals surface area (Å²) in [6.45, 7) is 0.256. The van der Waals surface area contributed by atoms with Crippen LogP contribution in [0, 0.1) is 5.82 Å². The molecule has 0 unspecified atom stereocenters. The van der Waals surface area contributed by atoms with Crippen LogP contribution in [0.5, 0.6) is 5.75 Å². The van der Waals surface area contributed by atoms with Gasteiger partial charge in [0.1, 0.15) is 23.9 Å². The number of nitrogens with one attached hydrogen (secondary N) is 1. The molecule has 4 rings (SSSR count). The van der Waals surface area contributed by atoms with Crippen molar-refractivity contribution in [2.75, 3.05) is 0 Å². The molecule has 1 aliphatic heterocycles. The molecule has 3 amide bonds. The number of nitrogens with zero attached hydrogens (tertiary/aromatic N) is 1. The maximum Gasteiger partial charge on any atom is 0.329 e. The number of urea groups is 1. The normalized spacial score (nSPS) is 14.7. The maximum absolute atomic E-state index is 13.8. The Morgan fingerprint density at radius 3 is 2.31 bits per heavy atom. The van der Waals surface area contributed by atoms with Crippen LogP contribution in [-0.2, 0) is 17.9 Å². The van der Waals surface area contributed by atoms with E-state index >= 15 is 0 Å². The highest BCUT2D eigenvalue weighted by Crippen LogP contribution is 2.36. The second-order valence-electron chi connectivity index (χ2n) is 7.06.